The van der Waals surface area contributed by atoms with Crippen LogP contribution in [0.15, 0.2) is 33.5 Å². The maximum absolute atomic E-state index is 12.0. The van der Waals surface area contributed by atoms with Gasteiger partial charge in [-0.05, 0) is 45.2 Å². The van der Waals surface area contributed by atoms with Gasteiger partial charge in [0, 0.05) is 5.54 Å². The van der Waals surface area contributed by atoms with E-state index in [2.05, 4.69) is 5.32 Å². The van der Waals surface area contributed by atoms with E-state index in [4.69, 9.17) is 4.42 Å². The Morgan fingerprint density at radius 3 is 2.53 bits per heavy atom. The molecule has 1 heterocycles. The second-order valence-electron chi connectivity index (χ2n) is 5.69. The number of carbonyl (C=O) groups is 1. The minimum atomic E-state index is -0.486. The highest BCUT2D eigenvalue weighted by atomic mass is 16.4. The van der Waals surface area contributed by atoms with Gasteiger partial charge >= 0.3 is 5.63 Å². The summed E-state index contributed by atoms with van der Waals surface area (Å²) in [5.74, 6) is -0.344. The molecular formula is C15H17NO3. The summed E-state index contributed by atoms with van der Waals surface area (Å²) >= 11 is 0. The molecule has 4 nitrogen and oxygen atoms in total. The molecular weight excluding hydrogens is 242 g/mol. The Hall–Kier alpha value is -2.10. The largest absolute Gasteiger partial charge is 0.417 e. The monoisotopic (exact) mass is 259 g/mol. The van der Waals surface area contributed by atoms with Crippen molar-refractivity contribution in [3.05, 3.63) is 46.0 Å². The van der Waals surface area contributed by atoms with Crippen molar-refractivity contribution in [2.75, 3.05) is 0 Å². The van der Waals surface area contributed by atoms with Gasteiger partial charge in [-0.25, -0.2) is 4.79 Å². The van der Waals surface area contributed by atoms with Crippen molar-refractivity contribution >= 4 is 16.7 Å². The van der Waals surface area contributed by atoms with Crippen LogP contribution in [-0.4, -0.2) is 11.4 Å². The second-order valence-corrected chi connectivity index (χ2v) is 5.69. The smallest absolute Gasteiger partial charge is 0.344 e. The Balaban J connectivity index is 2.50. The van der Waals surface area contributed by atoms with E-state index < -0.39 is 5.63 Å². The molecule has 100 valence electrons. The highest BCUT2D eigenvalue weighted by molar-refractivity contribution is 5.95. The third-order valence-electron chi connectivity index (χ3n) is 2.63. The summed E-state index contributed by atoms with van der Waals surface area (Å²) in [7, 11) is 0. The molecule has 1 N–H and O–H groups in total. The molecule has 1 aromatic heterocycles. The van der Waals surface area contributed by atoms with Crippen molar-refractivity contribution in [3.63, 3.8) is 0 Å². The number of amides is 1. The van der Waals surface area contributed by atoms with Gasteiger partial charge in [-0.15, -0.1) is 0 Å². The van der Waals surface area contributed by atoms with Crippen LogP contribution in [0.25, 0.3) is 10.8 Å². The maximum atomic E-state index is 12.0. The molecule has 2 rings (SSSR count). The van der Waals surface area contributed by atoms with Crippen molar-refractivity contribution < 1.29 is 9.21 Å². The van der Waals surface area contributed by atoms with Crippen molar-refractivity contribution in [3.8, 4) is 0 Å². The van der Waals surface area contributed by atoms with Gasteiger partial charge in [0.05, 0.1) is 5.39 Å². The first-order chi connectivity index (χ1) is 8.76. The Kier molecular flexibility index (Phi) is 3.18. The van der Waals surface area contributed by atoms with Gasteiger partial charge in [-0.1, -0.05) is 17.7 Å². The molecule has 0 unspecified atom stereocenters. The summed E-state index contributed by atoms with van der Waals surface area (Å²) < 4.78 is 5.09. The lowest BCUT2D eigenvalue weighted by atomic mass is 10.1. The normalized spacial score (nSPS) is 11.6. The third-order valence-corrected chi connectivity index (χ3v) is 2.63. The van der Waals surface area contributed by atoms with Crippen LogP contribution in [0.3, 0.4) is 0 Å². The zero-order valence-corrected chi connectivity index (χ0v) is 11.5. The lowest BCUT2D eigenvalue weighted by Gasteiger charge is -2.19. The number of carbonyl (C=O) groups excluding carboxylic acids is 1. The van der Waals surface area contributed by atoms with E-state index >= 15 is 0 Å². The fraction of sp³-hybridized carbons (Fsp3) is 0.333. The average molecular weight is 259 g/mol. The molecule has 0 fully saturated rings. The number of nitrogens with one attached hydrogen (secondary N) is 1. The first-order valence-corrected chi connectivity index (χ1v) is 6.13. The van der Waals surface area contributed by atoms with Gasteiger partial charge in [-0.2, -0.15) is 0 Å². The van der Waals surface area contributed by atoms with Crippen molar-refractivity contribution in [2.45, 2.75) is 33.2 Å². The second kappa shape index (κ2) is 4.53. The first-order valence-electron chi connectivity index (χ1n) is 6.13. The number of aryl methyl sites for hydroxylation is 1. The van der Waals surface area contributed by atoms with E-state index in [9.17, 15) is 9.59 Å². The molecule has 2 aromatic rings. The van der Waals surface area contributed by atoms with Gasteiger partial charge in [0.25, 0.3) is 5.91 Å². The van der Waals surface area contributed by atoms with Gasteiger partial charge in [0.1, 0.15) is 0 Å². The van der Waals surface area contributed by atoms with E-state index in [-0.39, 0.29) is 17.2 Å². The lowest BCUT2D eigenvalue weighted by molar-refractivity contribution is 0.0887. The van der Waals surface area contributed by atoms with Crippen LogP contribution >= 0.6 is 0 Å². The molecule has 19 heavy (non-hydrogen) atoms. The van der Waals surface area contributed by atoms with Crippen LogP contribution in [-0.2, 0) is 0 Å². The topological polar surface area (TPSA) is 59.3 Å². The lowest BCUT2D eigenvalue weighted by Crippen LogP contribution is -2.40. The van der Waals surface area contributed by atoms with Crippen LogP contribution in [0.1, 0.15) is 36.9 Å². The van der Waals surface area contributed by atoms with Crippen LogP contribution < -0.4 is 10.9 Å². The van der Waals surface area contributed by atoms with E-state index in [1.807, 2.05) is 39.8 Å². The quantitative estimate of drug-likeness (QED) is 0.856. The highest BCUT2D eigenvalue weighted by Crippen LogP contribution is 2.14. The van der Waals surface area contributed by atoms with Crippen molar-refractivity contribution in [2.24, 2.45) is 0 Å². The molecule has 0 spiro atoms. The van der Waals surface area contributed by atoms with E-state index in [1.54, 1.807) is 12.1 Å². The predicted octanol–water partition coefficient (Wildman–Crippen LogP) is 2.63. The summed E-state index contributed by atoms with van der Waals surface area (Å²) in [6.07, 6.45) is 0. The summed E-state index contributed by atoms with van der Waals surface area (Å²) in [4.78, 5) is 23.9. The minimum Gasteiger partial charge on any atom is -0.417 e. The molecule has 4 heteroatoms. The number of rotatable bonds is 1. The number of hydrogen-bond donors (Lipinski definition) is 1. The van der Waals surface area contributed by atoms with Gasteiger partial charge in [0.2, 0.25) is 0 Å². The molecule has 0 saturated carbocycles. The number of hydrogen-bond acceptors (Lipinski definition) is 3. The number of benzene rings is 1. The summed E-state index contributed by atoms with van der Waals surface area (Å²) in [6, 6.07) is 7.06. The molecule has 0 bridgehead atoms. The van der Waals surface area contributed by atoms with Crippen LogP contribution in [0.4, 0.5) is 0 Å². The predicted molar refractivity (Wildman–Crippen MR) is 74.4 cm³/mol. The maximum Gasteiger partial charge on any atom is 0.344 e. The van der Waals surface area contributed by atoms with E-state index in [0.717, 1.165) is 5.56 Å². The zero-order valence-electron chi connectivity index (χ0n) is 11.5. The van der Waals surface area contributed by atoms with Gasteiger partial charge in [0.15, 0.2) is 5.76 Å². The van der Waals surface area contributed by atoms with Crippen molar-refractivity contribution in [1.29, 1.82) is 0 Å². The Bertz CT molecular complexity index is 693. The molecule has 0 aliphatic carbocycles. The molecule has 1 aromatic carbocycles. The summed E-state index contributed by atoms with van der Waals surface area (Å²) in [5, 5.41) is 3.97. The fourth-order valence-electron chi connectivity index (χ4n) is 1.81. The van der Waals surface area contributed by atoms with Crippen LogP contribution in [0.2, 0.25) is 0 Å². The molecule has 0 saturated heterocycles. The third kappa shape index (κ3) is 3.02. The van der Waals surface area contributed by atoms with Crippen LogP contribution in [0, 0.1) is 6.92 Å². The molecule has 0 aliphatic rings. The molecule has 0 aliphatic heterocycles. The SMILES string of the molecule is Cc1ccc2cc(C(=O)NC(C)(C)C)oc(=O)c2c1. The summed E-state index contributed by atoms with van der Waals surface area (Å²) in [6.45, 7) is 7.51. The Morgan fingerprint density at radius 1 is 1.21 bits per heavy atom. The average Bonchev–Trinajstić information content (AvgIpc) is 2.27. The summed E-state index contributed by atoms with van der Waals surface area (Å²) in [5.41, 5.74) is 0.115. The van der Waals surface area contributed by atoms with Crippen LogP contribution in [0.5, 0.6) is 0 Å². The number of fused-ring (bicyclic) bond motifs is 1. The molecule has 0 atom stereocenters. The standard InChI is InChI=1S/C15H17NO3/c1-9-5-6-10-8-12(13(17)16-15(2,3)4)19-14(18)11(10)7-9/h5-8H,1-4H3,(H,16,17). The molecule has 1 amide bonds. The molecule has 0 radical (unpaired) electrons. The first kappa shape index (κ1) is 13.3. The zero-order chi connectivity index (χ0) is 14.2. The minimum absolute atomic E-state index is 0.0382. The Labute approximate surface area is 111 Å². The van der Waals surface area contributed by atoms with E-state index in [0.29, 0.717) is 10.8 Å². The Morgan fingerprint density at radius 2 is 1.89 bits per heavy atom. The van der Waals surface area contributed by atoms with Gasteiger partial charge in [-0.3, -0.25) is 4.79 Å². The highest BCUT2D eigenvalue weighted by Gasteiger charge is 2.18. The fourth-order valence-corrected chi connectivity index (χ4v) is 1.81. The van der Waals surface area contributed by atoms with Gasteiger partial charge < -0.3 is 9.73 Å². The van der Waals surface area contributed by atoms with Crippen molar-refractivity contribution in [1.82, 2.24) is 5.32 Å². The van der Waals surface area contributed by atoms with E-state index in [1.165, 1.54) is 0 Å².